The Labute approximate surface area is 108 Å². The minimum absolute atomic E-state index is 0.684. The van der Waals surface area contributed by atoms with E-state index in [9.17, 15) is 0 Å². The number of hydrogen-bond acceptors (Lipinski definition) is 1. The Morgan fingerprint density at radius 1 is 0.722 bits per heavy atom. The molecule has 18 heavy (non-hydrogen) atoms. The molecule has 0 amide bonds. The molecule has 0 radical (unpaired) electrons. The molecule has 1 saturated heterocycles. The average molecular weight is 238 g/mol. The average Bonchev–Trinajstić information content (AvgIpc) is 2.49. The lowest BCUT2D eigenvalue weighted by Crippen LogP contribution is -2.13. The Kier molecular flexibility index (Phi) is 3.42. The molecule has 0 unspecified atom stereocenters. The zero-order chi connectivity index (χ0) is 12.2. The van der Waals surface area contributed by atoms with E-state index >= 15 is 0 Å². The van der Waals surface area contributed by atoms with Crippen molar-refractivity contribution in [2.75, 3.05) is 13.2 Å². The third-order valence-electron chi connectivity index (χ3n) is 3.71. The van der Waals surface area contributed by atoms with Gasteiger partial charge in [0, 0.05) is 13.2 Å². The van der Waals surface area contributed by atoms with E-state index in [0.717, 1.165) is 26.1 Å². The highest BCUT2D eigenvalue weighted by Gasteiger charge is 2.15. The van der Waals surface area contributed by atoms with Gasteiger partial charge in [0.25, 0.3) is 0 Å². The molecule has 0 atom stereocenters. The van der Waals surface area contributed by atoms with Crippen LogP contribution in [0.15, 0.2) is 54.6 Å². The van der Waals surface area contributed by atoms with Crippen molar-refractivity contribution in [3.63, 3.8) is 0 Å². The molecule has 92 valence electrons. The smallest absolute Gasteiger partial charge is 0.0471 e. The summed E-state index contributed by atoms with van der Waals surface area (Å²) in [5.74, 6) is 0.684. The maximum absolute atomic E-state index is 5.41. The van der Waals surface area contributed by atoms with Gasteiger partial charge in [-0.1, -0.05) is 54.6 Å². The second kappa shape index (κ2) is 5.36. The molecule has 0 bridgehead atoms. The maximum atomic E-state index is 5.41. The van der Waals surface area contributed by atoms with Crippen LogP contribution in [0.5, 0.6) is 0 Å². The monoisotopic (exact) mass is 238 g/mol. The van der Waals surface area contributed by atoms with E-state index in [4.69, 9.17) is 4.74 Å². The molecule has 3 rings (SSSR count). The van der Waals surface area contributed by atoms with Crippen molar-refractivity contribution >= 4 is 0 Å². The van der Waals surface area contributed by atoms with Crippen LogP contribution in [0.1, 0.15) is 24.3 Å². The van der Waals surface area contributed by atoms with Crippen molar-refractivity contribution in [2.24, 2.45) is 0 Å². The Hall–Kier alpha value is -1.60. The molecule has 0 saturated carbocycles. The molecule has 0 aliphatic carbocycles. The van der Waals surface area contributed by atoms with Crippen LogP contribution < -0.4 is 0 Å². The molecule has 1 aliphatic rings. The fraction of sp³-hybridized carbons (Fsp3) is 0.294. The summed E-state index contributed by atoms with van der Waals surface area (Å²) in [5.41, 5.74) is 4.04. The van der Waals surface area contributed by atoms with Gasteiger partial charge in [0.2, 0.25) is 0 Å². The van der Waals surface area contributed by atoms with Crippen LogP contribution in [0, 0.1) is 0 Å². The molecule has 1 nitrogen and oxygen atoms in total. The van der Waals surface area contributed by atoms with Crippen LogP contribution in [-0.2, 0) is 4.74 Å². The highest BCUT2D eigenvalue weighted by atomic mass is 16.5. The number of benzene rings is 2. The van der Waals surface area contributed by atoms with Gasteiger partial charge < -0.3 is 4.74 Å². The van der Waals surface area contributed by atoms with Crippen LogP contribution >= 0.6 is 0 Å². The number of ether oxygens (including phenoxy) is 1. The fourth-order valence-electron chi connectivity index (χ4n) is 2.61. The van der Waals surface area contributed by atoms with Gasteiger partial charge >= 0.3 is 0 Å². The van der Waals surface area contributed by atoms with Crippen molar-refractivity contribution in [2.45, 2.75) is 18.8 Å². The highest BCUT2D eigenvalue weighted by molar-refractivity contribution is 5.63. The van der Waals surface area contributed by atoms with Crippen molar-refractivity contribution in [3.8, 4) is 11.1 Å². The second-order valence-electron chi connectivity index (χ2n) is 4.87. The third-order valence-corrected chi connectivity index (χ3v) is 3.71. The Morgan fingerprint density at radius 3 is 2.00 bits per heavy atom. The molecular weight excluding hydrogens is 220 g/mol. The van der Waals surface area contributed by atoms with E-state index in [0.29, 0.717) is 5.92 Å². The van der Waals surface area contributed by atoms with Crippen LogP contribution in [0.2, 0.25) is 0 Å². The lowest BCUT2D eigenvalue weighted by molar-refractivity contribution is 0.0853. The molecule has 1 heterocycles. The molecule has 0 spiro atoms. The number of hydrogen-bond donors (Lipinski definition) is 0. The molecule has 2 aromatic carbocycles. The fourth-order valence-corrected chi connectivity index (χ4v) is 2.61. The van der Waals surface area contributed by atoms with Gasteiger partial charge in [-0.3, -0.25) is 0 Å². The van der Waals surface area contributed by atoms with Crippen LogP contribution in [0.4, 0.5) is 0 Å². The summed E-state index contributed by atoms with van der Waals surface area (Å²) < 4.78 is 5.41. The van der Waals surface area contributed by atoms with Crippen molar-refractivity contribution in [1.29, 1.82) is 0 Å². The van der Waals surface area contributed by atoms with E-state index in [-0.39, 0.29) is 0 Å². The minimum atomic E-state index is 0.684. The first-order valence-corrected chi connectivity index (χ1v) is 6.66. The van der Waals surface area contributed by atoms with Gasteiger partial charge in [-0.2, -0.15) is 0 Å². The topological polar surface area (TPSA) is 9.23 Å². The molecule has 0 aromatic heterocycles. The maximum Gasteiger partial charge on any atom is 0.0471 e. The SMILES string of the molecule is c1ccc(-c2ccc(C3CCOCC3)cc2)cc1. The molecular formula is C17H18O. The summed E-state index contributed by atoms with van der Waals surface area (Å²) in [6.07, 6.45) is 2.31. The first-order valence-electron chi connectivity index (χ1n) is 6.66. The van der Waals surface area contributed by atoms with Gasteiger partial charge in [-0.05, 0) is 35.4 Å². The largest absolute Gasteiger partial charge is 0.381 e. The Bertz CT molecular complexity index is 481. The van der Waals surface area contributed by atoms with Crippen molar-refractivity contribution in [3.05, 3.63) is 60.2 Å². The predicted molar refractivity (Wildman–Crippen MR) is 74.7 cm³/mol. The standard InChI is InChI=1S/C17H18O/c1-2-4-14(5-3-1)15-6-8-16(9-7-15)17-10-12-18-13-11-17/h1-9,17H,10-13H2. The zero-order valence-corrected chi connectivity index (χ0v) is 10.5. The second-order valence-corrected chi connectivity index (χ2v) is 4.87. The quantitative estimate of drug-likeness (QED) is 0.760. The van der Waals surface area contributed by atoms with Gasteiger partial charge in [-0.15, -0.1) is 0 Å². The molecule has 2 aromatic rings. The van der Waals surface area contributed by atoms with Crippen molar-refractivity contribution in [1.82, 2.24) is 0 Å². The van der Waals surface area contributed by atoms with Crippen molar-refractivity contribution < 1.29 is 4.74 Å². The predicted octanol–water partition coefficient (Wildman–Crippen LogP) is 4.25. The molecule has 1 heteroatoms. The summed E-state index contributed by atoms with van der Waals surface area (Å²) in [6, 6.07) is 19.6. The normalized spacial score (nSPS) is 16.7. The summed E-state index contributed by atoms with van der Waals surface area (Å²) in [5, 5.41) is 0. The van der Waals surface area contributed by atoms with E-state index in [1.165, 1.54) is 16.7 Å². The van der Waals surface area contributed by atoms with Crippen LogP contribution in [0.25, 0.3) is 11.1 Å². The lowest BCUT2D eigenvalue weighted by atomic mass is 9.90. The summed E-state index contributed by atoms with van der Waals surface area (Å²) >= 11 is 0. The van der Waals surface area contributed by atoms with E-state index in [2.05, 4.69) is 54.6 Å². The first-order chi connectivity index (χ1) is 8.93. The summed E-state index contributed by atoms with van der Waals surface area (Å²) in [6.45, 7) is 1.82. The first kappa shape index (κ1) is 11.5. The van der Waals surface area contributed by atoms with E-state index in [1.807, 2.05) is 0 Å². The molecule has 0 N–H and O–H groups in total. The Morgan fingerprint density at radius 2 is 1.33 bits per heavy atom. The van der Waals surface area contributed by atoms with Gasteiger partial charge in [-0.25, -0.2) is 0 Å². The van der Waals surface area contributed by atoms with Gasteiger partial charge in [0.15, 0.2) is 0 Å². The van der Waals surface area contributed by atoms with Gasteiger partial charge in [0.05, 0.1) is 0 Å². The summed E-state index contributed by atoms with van der Waals surface area (Å²) in [4.78, 5) is 0. The van der Waals surface area contributed by atoms with Crippen LogP contribution in [0.3, 0.4) is 0 Å². The molecule has 1 aliphatic heterocycles. The summed E-state index contributed by atoms with van der Waals surface area (Å²) in [7, 11) is 0. The zero-order valence-electron chi connectivity index (χ0n) is 10.5. The number of rotatable bonds is 2. The minimum Gasteiger partial charge on any atom is -0.381 e. The van der Waals surface area contributed by atoms with E-state index in [1.54, 1.807) is 0 Å². The van der Waals surface area contributed by atoms with E-state index < -0.39 is 0 Å². The third kappa shape index (κ3) is 2.46. The van der Waals surface area contributed by atoms with Gasteiger partial charge in [0.1, 0.15) is 0 Å². The Balaban J connectivity index is 1.80. The van der Waals surface area contributed by atoms with Crippen LogP contribution in [-0.4, -0.2) is 13.2 Å². The lowest BCUT2D eigenvalue weighted by Gasteiger charge is -2.22. The highest BCUT2D eigenvalue weighted by Crippen LogP contribution is 2.28. The molecule has 1 fully saturated rings.